The molecule has 28 heavy (non-hydrogen) atoms. The van der Waals surface area contributed by atoms with E-state index in [4.69, 9.17) is 5.26 Å². The van der Waals surface area contributed by atoms with Gasteiger partial charge in [0.1, 0.15) is 12.1 Å². The van der Waals surface area contributed by atoms with Gasteiger partial charge in [-0.1, -0.05) is 18.2 Å². The quantitative estimate of drug-likeness (QED) is 0.651. The van der Waals surface area contributed by atoms with E-state index in [1.807, 2.05) is 48.2 Å². The molecule has 3 rings (SSSR count). The molecule has 8 heteroatoms. The molecule has 142 valence electrons. The number of rotatable bonds is 5. The Morgan fingerprint density at radius 2 is 2.00 bits per heavy atom. The Hall–Kier alpha value is -3.44. The van der Waals surface area contributed by atoms with Crippen molar-refractivity contribution in [3.05, 3.63) is 69.7 Å². The number of para-hydroxylation sites is 1. The molecule has 0 bridgehead atoms. The lowest BCUT2D eigenvalue weighted by Gasteiger charge is -2.18. The van der Waals surface area contributed by atoms with E-state index in [-0.39, 0.29) is 12.6 Å². The molecule has 0 spiro atoms. The molecule has 1 aromatic carbocycles. The topological polar surface area (TPSA) is 99.8 Å². The van der Waals surface area contributed by atoms with E-state index in [1.54, 1.807) is 35.6 Å². The van der Waals surface area contributed by atoms with Crippen molar-refractivity contribution in [2.24, 2.45) is 0 Å². The van der Waals surface area contributed by atoms with E-state index in [2.05, 4.69) is 15.7 Å². The van der Waals surface area contributed by atoms with E-state index in [0.29, 0.717) is 11.3 Å². The van der Waals surface area contributed by atoms with Crippen LogP contribution in [0.4, 0.5) is 5.69 Å². The molecule has 0 saturated heterocycles. The number of benzene rings is 1. The molecule has 2 aromatic heterocycles. The van der Waals surface area contributed by atoms with Crippen LogP contribution in [0.3, 0.4) is 0 Å². The summed E-state index contributed by atoms with van der Waals surface area (Å²) in [5.41, 5.74) is 2.45. The Bertz CT molecular complexity index is 1030. The maximum Gasteiger partial charge on any atom is 0.313 e. The van der Waals surface area contributed by atoms with Gasteiger partial charge in [0, 0.05) is 17.1 Å². The van der Waals surface area contributed by atoms with Crippen LogP contribution in [0.5, 0.6) is 0 Å². The van der Waals surface area contributed by atoms with Crippen LogP contribution in [0, 0.1) is 25.2 Å². The molecule has 0 aliphatic heterocycles. The maximum absolute atomic E-state index is 12.3. The summed E-state index contributed by atoms with van der Waals surface area (Å²) in [7, 11) is 0. The Morgan fingerprint density at radius 3 is 2.64 bits per heavy atom. The smallest absolute Gasteiger partial charge is 0.313 e. The number of nitriles is 1. The number of carbonyl (C=O) groups excluding carboxylic acids is 2. The number of amides is 2. The Kier molecular flexibility index (Phi) is 5.87. The molecule has 1 atom stereocenters. The largest absolute Gasteiger partial charge is 0.345 e. The van der Waals surface area contributed by atoms with Gasteiger partial charge in [0.15, 0.2) is 0 Å². The molecule has 0 unspecified atom stereocenters. The van der Waals surface area contributed by atoms with Gasteiger partial charge in [0.2, 0.25) is 0 Å². The summed E-state index contributed by atoms with van der Waals surface area (Å²) in [4.78, 5) is 25.6. The fourth-order valence-corrected chi connectivity index (χ4v) is 3.70. The molecule has 2 N–H and O–H groups in total. The molecular weight excluding hydrogens is 374 g/mol. The van der Waals surface area contributed by atoms with Gasteiger partial charge >= 0.3 is 11.8 Å². The van der Waals surface area contributed by atoms with E-state index in [1.165, 1.54) is 0 Å². The highest BCUT2D eigenvalue weighted by atomic mass is 32.1. The zero-order chi connectivity index (χ0) is 20.1. The van der Waals surface area contributed by atoms with Gasteiger partial charge < -0.3 is 10.6 Å². The highest BCUT2D eigenvalue weighted by molar-refractivity contribution is 7.10. The van der Waals surface area contributed by atoms with Crippen LogP contribution < -0.4 is 10.6 Å². The molecule has 3 aromatic rings. The molecule has 0 aliphatic rings. The normalized spacial score (nSPS) is 11.5. The second-order valence-electron chi connectivity index (χ2n) is 6.22. The van der Waals surface area contributed by atoms with Gasteiger partial charge in [-0.15, -0.1) is 11.3 Å². The fourth-order valence-electron chi connectivity index (χ4n) is 2.89. The lowest BCUT2D eigenvalue weighted by atomic mass is 10.2. The SMILES string of the molecule is Cc1cc(C)n([C@H](CNC(=O)C(=O)Nc2ccccc2C#N)c2cccs2)n1. The summed E-state index contributed by atoms with van der Waals surface area (Å²) in [5.74, 6) is -1.59. The number of nitrogens with one attached hydrogen (secondary N) is 2. The number of carbonyl (C=O) groups is 2. The predicted octanol–water partition coefficient (Wildman–Crippen LogP) is 2.78. The maximum atomic E-state index is 12.3. The minimum absolute atomic E-state index is 0.211. The summed E-state index contributed by atoms with van der Waals surface area (Å²) >= 11 is 1.56. The van der Waals surface area contributed by atoms with E-state index in [0.717, 1.165) is 16.3 Å². The first-order chi connectivity index (χ1) is 13.5. The molecule has 0 aliphatic carbocycles. The van der Waals surface area contributed by atoms with Gasteiger partial charge in [-0.05, 0) is 43.5 Å². The van der Waals surface area contributed by atoms with Crippen molar-refractivity contribution in [1.29, 1.82) is 5.26 Å². The number of hydrogen-bond donors (Lipinski definition) is 2. The lowest BCUT2D eigenvalue weighted by molar-refractivity contribution is -0.136. The third kappa shape index (κ3) is 4.27. The van der Waals surface area contributed by atoms with Crippen molar-refractivity contribution in [2.75, 3.05) is 11.9 Å². The molecular formula is C20H19N5O2S. The number of aromatic nitrogens is 2. The first-order valence-electron chi connectivity index (χ1n) is 8.64. The second-order valence-corrected chi connectivity index (χ2v) is 7.20. The highest BCUT2D eigenvalue weighted by Gasteiger charge is 2.21. The minimum Gasteiger partial charge on any atom is -0.345 e. The molecule has 0 fully saturated rings. The van der Waals surface area contributed by atoms with Crippen LogP contribution >= 0.6 is 11.3 Å². The Balaban J connectivity index is 1.71. The summed E-state index contributed by atoms with van der Waals surface area (Å²) < 4.78 is 1.85. The summed E-state index contributed by atoms with van der Waals surface area (Å²) in [6.07, 6.45) is 0. The Labute approximate surface area is 166 Å². The van der Waals surface area contributed by atoms with Gasteiger partial charge in [-0.3, -0.25) is 14.3 Å². The number of thiophene rings is 1. The predicted molar refractivity (Wildman–Crippen MR) is 107 cm³/mol. The van der Waals surface area contributed by atoms with Crippen molar-refractivity contribution in [3.63, 3.8) is 0 Å². The zero-order valence-electron chi connectivity index (χ0n) is 15.5. The monoisotopic (exact) mass is 393 g/mol. The summed E-state index contributed by atoms with van der Waals surface area (Å²) in [5, 5.41) is 20.7. The number of aryl methyl sites for hydroxylation is 2. The average Bonchev–Trinajstić information content (AvgIpc) is 3.32. The summed E-state index contributed by atoms with van der Waals surface area (Å²) in [6.45, 7) is 4.08. The second kappa shape index (κ2) is 8.50. The van der Waals surface area contributed by atoms with E-state index >= 15 is 0 Å². The number of hydrogen-bond acceptors (Lipinski definition) is 5. The van der Waals surface area contributed by atoms with Crippen LogP contribution in [-0.4, -0.2) is 28.1 Å². The lowest BCUT2D eigenvalue weighted by Crippen LogP contribution is -2.39. The molecule has 2 heterocycles. The fraction of sp³-hybridized carbons (Fsp3) is 0.200. The minimum atomic E-state index is -0.819. The van der Waals surface area contributed by atoms with Gasteiger partial charge in [0.25, 0.3) is 0 Å². The molecule has 2 amide bonds. The standard InChI is InChI=1S/C20H19N5O2S/c1-13-10-14(2)25(24-13)17(18-8-5-9-28-18)12-22-19(26)20(27)23-16-7-4-3-6-15(16)11-21/h3-10,17H,12H2,1-2H3,(H,22,26)(H,23,27)/t17-/m1/s1. The van der Waals surface area contributed by atoms with Gasteiger partial charge in [-0.25, -0.2) is 0 Å². The average molecular weight is 393 g/mol. The Morgan fingerprint density at radius 1 is 1.21 bits per heavy atom. The van der Waals surface area contributed by atoms with Crippen LogP contribution in [0.25, 0.3) is 0 Å². The van der Waals surface area contributed by atoms with Crippen molar-refractivity contribution < 1.29 is 9.59 Å². The molecule has 0 radical (unpaired) electrons. The molecule has 0 saturated carbocycles. The molecule has 7 nitrogen and oxygen atoms in total. The van der Waals surface area contributed by atoms with Crippen molar-refractivity contribution >= 4 is 28.8 Å². The van der Waals surface area contributed by atoms with Crippen molar-refractivity contribution in [2.45, 2.75) is 19.9 Å². The van der Waals surface area contributed by atoms with Crippen LogP contribution in [0.15, 0.2) is 47.8 Å². The number of nitrogens with zero attached hydrogens (tertiary/aromatic N) is 3. The van der Waals surface area contributed by atoms with Gasteiger partial charge in [-0.2, -0.15) is 10.4 Å². The van der Waals surface area contributed by atoms with Crippen molar-refractivity contribution in [1.82, 2.24) is 15.1 Å². The van der Waals surface area contributed by atoms with Crippen LogP contribution in [0.2, 0.25) is 0 Å². The van der Waals surface area contributed by atoms with E-state index in [9.17, 15) is 9.59 Å². The highest BCUT2D eigenvalue weighted by Crippen LogP contribution is 2.24. The van der Waals surface area contributed by atoms with Crippen molar-refractivity contribution in [3.8, 4) is 6.07 Å². The van der Waals surface area contributed by atoms with E-state index < -0.39 is 11.8 Å². The first kappa shape index (κ1) is 19.3. The number of anilines is 1. The summed E-state index contributed by atoms with van der Waals surface area (Å²) in [6, 6.07) is 14.2. The van der Waals surface area contributed by atoms with Crippen LogP contribution in [0.1, 0.15) is 27.9 Å². The third-order valence-corrected chi connectivity index (χ3v) is 5.14. The third-order valence-electron chi connectivity index (χ3n) is 4.17. The van der Waals surface area contributed by atoms with Crippen LogP contribution in [-0.2, 0) is 9.59 Å². The zero-order valence-corrected chi connectivity index (χ0v) is 16.3. The van der Waals surface area contributed by atoms with Gasteiger partial charge in [0.05, 0.1) is 16.9 Å². The first-order valence-corrected chi connectivity index (χ1v) is 9.52.